The standard InChI is InChI=1S/C8H17F3N2O/c1-13(2)3-4-14-6-7(5-12)8(9,10)11/h7H,3-6,12H2,1-2H3. The van der Waals surface area contributed by atoms with E-state index >= 15 is 0 Å². The number of hydrogen-bond donors (Lipinski definition) is 1. The van der Waals surface area contributed by atoms with Gasteiger partial charge in [0.25, 0.3) is 0 Å². The molecule has 0 aromatic heterocycles. The summed E-state index contributed by atoms with van der Waals surface area (Å²) in [5, 5.41) is 0. The summed E-state index contributed by atoms with van der Waals surface area (Å²) in [6, 6.07) is 0. The van der Waals surface area contributed by atoms with Crippen molar-refractivity contribution in [3.05, 3.63) is 0 Å². The van der Waals surface area contributed by atoms with Crippen molar-refractivity contribution < 1.29 is 17.9 Å². The van der Waals surface area contributed by atoms with Gasteiger partial charge < -0.3 is 15.4 Å². The van der Waals surface area contributed by atoms with Gasteiger partial charge in [0, 0.05) is 13.1 Å². The van der Waals surface area contributed by atoms with Crippen LogP contribution in [0.1, 0.15) is 0 Å². The van der Waals surface area contributed by atoms with E-state index in [-0.39, 0.29) is 6.61 Å². The van der Waals surface area contributed by atoms with Crippen LogP contribution in [0.2, 0.25) is 0 Å². The highest BCUT2D eigenvalue weighted by molar-refractivity contribution is 4.67. The number of halogens is 3. The number of ether oxygens (including phenoxy) is 1. The molecule has 14 heavy (non-hydrogen) atoms. The van der Waals surface area contributed by atoms with Crippen molar-refractivity contribution in [2.75, 3.05) is 40.4 Å². The lowest BCUT2D eigenvalue weighted by molar-refractivity contribution is -0.185. The summed E-state index contributed by atoms with van der Waals surface area (Å²) in [4.78, 5) is 1.84. The minimum Gasteiger partial charge on any atom is -0.379 e. The minimum atomic E-state index is -4.26. The van der Waals surface area contributed by atoms with E-state index in [1.54, 1.807) is 0 Å². The lowest BCUT2D eigenvalue weighted by Crippen LogP contribution is -2.34. The van der Waals surface area contributed by atoms with Gasteiger partial charge in [0.2, 0.25) is 0 Å². The first-order valence-electron chi connectivity index (χ1n) is 4.37. The van der Waals surface area contributed by atoms with Crippen LogP contribution in [0.5, 0.6) is 0 Å². The molecule has 0 radical (unpaired) electrons. The molecular formula is C8H17F3N2O. The van der Waals surface area contributed by atoms with Gasteiger partial charge in [0.1, 0.15) is 0 Å². The largest absolute Gasteiger partial charge is 0.395 e. The van der Waals surface area contributed by atoms with E-state index < -0.39 is 18.6 Å². The summed E-state index contributed by atoms with van der Waals surface area (Å²) in [7, 11) is 3.65. The van der Waals surface area contributed by atoms with Crippen LogP contribution < -0.4 is 5.73 Å². The topological polar surface area (TPSA) is 38.5 Å². The summed E-state index contributed by atoms with van der Waals surface area (Å²) in [6.45, 7) is 0.119. The molecule has 0 fully saturated rings. The van der Waals surface area contributed by atoms with Crippen LogP contribution in [-0.4, -0.2) is 51.5 Å². The van der Waals surface area contributed by atoms with E-state index in [0.717, 1.165) is 0 Å². The minimum absolute atomic E-state index is 0.291. The van der Waals surface area contributed by atoms with Gasteiger partial charge in [0.15, 0.2) is 0 Å². The monoisotopic (exact) mass is 214 g/mol. The van der Waals surface area contributed by atoms with Crippen LogP contribution in [0, 0.1) is 5.92 Å². The third kappa shape index (κ3) is 6.17. The molecule has 0 heterocycles. The molecule has 0 spiro atoms. The molecule has 0 saturated carbocycles. The average molecular weight is 214 g/mol. The van der Waals surface area contributed by atoms with E-state index in [4.69, 9.17) is 10.5 Å². The van der Waals surface area contributed by atoms with Crippen molar-refractivity contribution in [1.29, 1.82) is 0 Å². The van der Waals surface area contributed by atoms with Gasteiger partial charge in [-0.15, -0.1) is 0 Å². The fourth-order valence-corrected chi connectivity index (χ4v) is 0.769. The Balaban J connectivity index is 3.64. The van der Waals surface area contributed by atoms with E-state index in [9.17, 15) is 13.2 Å². The van der Waals surface area contributed by atoms with Crippen LogP contribution in [0.25, 0.3) is 0 Å². The van der Waals surface area contributed by atoms with Crippen molar-refractivity contribution >= 4 is 0 Å². The Labute approximate surface area is 82.0 Å². The molecule has 1 unspecified atom stereocenters. The first-order valence-corrected chi connectivity index (χ1v) is 4.37. The molecule has 0 aromatic rings. The van der Waals surface area contributed by atoms with Gasteiger partial charge in [-0.05, 0) is 14.1 Å². The predicted molar refractivity (Wildman–Crippen MR) is 48.0 cm³/mol. The number of likely N-dealkylation sites (N-methyl/N-ethyl adjacent to an activating group) is 1. The quantitative estimate of drug-likeness (QED) is 0.661. The summed E-state index contributed by atoms with van der Waals surface area (Å²) in [5.74, 6) is -1.55. The fourth-order valence-electron chi connectivity index (χ4n) is 0.769. The summed E-state index contributed by atoms with van der Waals surface area (Å²) in [5.41, 5.74) is 4.99. The highest BCUT2D eigenvalue weighted by Gasteiger charge is 2.38. The molecule has 2 N–H and O–H groups in total. The highest BCUT2D eigenvalue weighted by Crippen LogP contribution is 2.25. The molecule has 0 aliphatic heterocycles. The molecule has 6 heteroatoms. The van der Waals surface area contributed by atoms with Gasteiger partial charge in [-0.3, -0.25) is 0 Å². The third-order valence-corrected chi connectivity index (χ3v) is 1.75. The SMILES string of the molecule is CN(C)CCOCC(CN)C(F)(F)F. The maximum atomic E-state index is 12.1. The zero-order valence-corrected chi connectivity index (χ0v) is 8.47. The zero-order valence-electron chi connectivity index (χ0n) is 8.47. The van der Waals surface area contributed by atoms with Gasteiger partial charge in [-0.25, -0.2) is 0 Å². The Hall–Kier alpha value is -0.330. The maximum Gasteiger partial charge on any atom is 0.395 e. The summed E-state index contributed by atoms with van der Waals surface area (Å²) < 4.78 is 41.3. The maximum absolute atomic E-state index is 12.1. The fraction of sp³-hybridized carbons (Fsp3) is 1.00. The van der Waals surface area contributed by atoms with Crippen LogP contribution >= 0.6 is 0 Å². The second-order valence-electron chi connectivity index (χ2n) is 3.35. The van der Waals surface area contributed by atoms with Crippen LogP contribution in [0.15, 0.2) is 0 Å². The smallest absolute Gasteiger partial charge is 0.379 e. The normalized spacial score (nSPS) is 14.8. The molecule has 0 aromatic carbocycles. The summed E-state index contributed by atoms with van der Waals surface area (Å²) >= 11 is 0. The van der Waals surface area contributed by atoms with E-state index in [1.807, 2.05) is 19.0 Å². The van der Waals surface area contributed by atoms with Crippen molar-refractivity contribution in [3.63, 3.8) is 0 Å². The number of alkyl halides is 3. The Kier molecular flexibility index (Phi) is 6.06. The number of nitrogens with two attached hydrogens (primary N) is 1. The molecule has 0 aliphatic rings. The second kappa shape index (κ2) is 6.21. The Morgan fingerprint density at radius 2 is 1.93 bits per heavy atom. The van der Waals surface area contributed by atoms with Crippen LogP contribution in [0.3, 0.4) is 0 Å². The average Bonchev–Trinajstić information content (AvgIpc) is 2.01. The lowest BCUT2D eigenvalue weighted by Gasteiger charge is -2.18. The predicted octanol–water partition coefficient (Wildman–Crippen LogP) is 0.702. The molecule has 1 atom stereocenters. The van der Waals surface area contributed by atoms with Crippen molar-refractivity contribution in [2.45, 2.75) is 6.18 Å². The van der Waals surface area contributed by atoms with Gasteiger partial charge in [-0.2, -0.15) is 13.2 Å². The highest BCUT2D eigenvalue weighted by atomic mass is 19.4. The van der Waals surface area contributed by atoms with Crippen LogP contribution in [-0.2, 0) is 4.74 Å². The Morgan fingerprint density at radius 3 is 2.29 bits per heavy atom. The van der Waals surface area contributed by atoms with E-state index in [1.165, 1.54) is 0 Å². The number of hydrogen-bond acceptors (Lipinski definition) is 3. The molecule has 0 amide bonds. The molecule has 0 aliphatic carbocycles. The van der Waals surface area contributed by atoms with Crippen molar-refractivity contribution in [1.82, 2.24) is 4.90 Å². The Morgan fingerprint density at radius 1 is 1.36 bits per heavy atom. The summed E-state index contributed by atoms with van der Waals surface area (Å²) in [6.07, 6.45) is -4.26. The van der Waals surface area contributed by atoms with Gasteiger partial charge in [-0.1, -0.05) is 0 Å². The second-order valence-corrected chi connectivity index (χ2v) is 3.35. The first kappa shape index (κ1) is 13.7. The van der Waals surface area contributed by atoms with Crippen LogP contribution in [0.4, 0.5) is 13.2 Å². The molecule has 3 nitrogen and oxygen atoms in total. The Bertz CT molecular complexity index is 150. The molecule has 0 saturated heterocycles. The molecule has 0 rings (SSSR count). The van der Waals surface area contributed by atoms with Gasteiger partial charge >= 0.3 is 6.18 Å². The number of rotatable bonds is 6. The lowest BCUT2D eigenvalue weighted by atomic mass is 10.1. The molecule has 86 valence electrons. The zero-order chi connectivity index (χ0) is 11.2. The van der Waals surface area contributed by atoms with E-state index in [0.29, 0.717) is 13.2 Å². The van der Waals surface area contributed by atoms with E-state index in [2.05, 4.69) is 0 Å². The third-order valence-electron chi connectivity index (χ3n) is 1.75. The first-order chi connectivity index (χ1) is 6.38. The van der Waals surface area contributed by atoms with Crippen molar-refractivity contribution in [2.24, 2.45) is 11.7 Å². The van der Waals surface area contributed by atoms with Gasteiger partial charge in [0.05, 0.1) is 19.1 Å². The molecule has 0 bridgehead atoms. The molecular weight excluding hydrogens is 197 g/mol. The van der Waals surface area contributed by atoms with Crippen molar-refractivity contribution in [3.8, 4) is 0 Å². The number of nitrogens with zero attached hydrogens (tertiary/aromatic N) is 1.